The molecule has 0 heterocycles. The number of aliphatic hydroxyl groups is 1. The SMILES string of the molecule is COc1ccccc1CC(O)c1cc(C)c(OC)c(C)c1. The lowest BCUT2D eigenvalue weighted by Gasteiger charge is -2.17. The molecule has 0 aromatic heterocycles. The number of benzene rings is 2. The summed E-state index contributed by atoms with van der Waals surface area (Å²) in [4.78, 5) is 0. The molecule has 0 spiro atoms. The van der Waals surface area contributed by atoms with E-state index in [1.165, 1.54) is 0 Å². The van der Waals surface area contributed by atoms with E-state index in [1.807, 2.05) is 50.2 Å². The topological polar surface area (TPSA) is 38.7 Å². The minimum absolute atomic E-state index is 0.523. The zero-order valence-corrected chi connectivity index (χ0v) is 13.0. The van der Waals surface area contributed by atoms with Gasteiger partial charge < -0.3 is 14.6 Å². The molecule has 1 N–H and O–H groups in total. The van der Waals surface area contributed by atoms with Crippen LogP contribution in [-0.2, 0) is 6.42 Å². The van der Waals surface area contributed by atoms with Gasteiger partial charge in [-0.25, -0.2) is 0 Å². The van der Waals surface area contributed by atoms with E-state index >= 15 is 0 Å². The number of rotatable bonds is 5. The molecule has 0 aliphatic heterocycles. The van der Waals surface area contributed by atoms with Crippen molar-refractivity contribution < 1.29 is 14.6 Å². The first kappa shape index (κ1) is 15.4. The van der Waals surface area contributed by atoms with Crippen molar-refractivity contribution in [2.24, 2.45) is 0 Å². The van der Waals surface area contributed by atoms with Gasteiger partial charge in [0.15, 0.2) is 0 Å². The number of aryl methyl sites for hydroxylation is 2. The fourth-order valence-corrected chi connectivity index (χ4v) is 2.70. The number of ether oxygens (including phenoxy) is 2. The van der Waals surface area contributed by atoms with Crippen molar-refractivity contribution in [1.29, 1.82) is 0 Å². The summed E-state index contributed by atoms with van der Waals surface area (Å²) in [6.45, 7) is 3.98. The Bertz CT molecular complexity index is 597. The third-order valence-corrected chi connectivity index (χ3v) is 3.68. The summed E-state index contributed by atoms with van der Waals surface area (Å²) in [5.41, 5.74) is 3.97. The molecule has 0 aliphatic carbocycles. The van der Waals surface area contributed by atoms with Crippen molar-refractivity contribution in [3.8, 4) is 11.5 Å². The molecule has 0 amide bonds. The minimum atomic E-state index is -0.565. The molecule has 0 saturated heterocycles. The van der Waals surface area contributed by atoms with E-state index in [2.05, 4.69) is 0 Å². The van der Waals surface area contributed by atoms with Gasteiger partial charge in [-0.2, -0.15) is 0 Å². The van der Waals surface area contributed by atoms with Crippen LogP contribution in [-0.4, -0.2) is 19.3 Å². The molecule has 2 aromatic carbocycles. The van der Waals surface area contributed by atoms with Crippen LogP contribution < -0.4 is 9.47 Å². The van der Waals surface area contributed by atoms with Gasteiger partial charge in [0, 0.05) is 6.42 Å². The predicted octanol–water partition coefficient (Wildman–Crippen LogP) is 3.60. The van der Waals surface area contributed by atoms with Gasteiger partial charge in [0.2, 0.25) is 0 Å². The standard InChI is InChI=1S/C18H22O3/c1-12-9-15(10-13(2)18(12)21-4)16(19)11-14-7-5-6-8-17(14)20-3/h5-10,16,19H,11H2,1-4H3. The van der Waals surface area contributed by atoms with E-state index in [4.69, 9.17) is 9.47 Å². The Labute approximate surface area is 126 Å². The Kier molecular flexibility index (Phi) is 4.86. The zero-order valence-electron chi connectivity index (χ0n) is 13.0. The van der Waals surface area contributed by atoms with Crippen LogP contribution in [0.2, 0.25) is 0 Å². The van der Waals surface area contributed by atoms with E-state index in [0.29, 0.717) is 6.42 Å². The Morgan fingerprint density at radius 3 is 2.19 bits per heavy atom. The van der Waals surface area contributed by atoms with Crippen LogP contribution >= 0.6 is 0 Å². The summed E-state index contributed by atoms with van der Waals surface area (Å²) >= 11 is 0. The van der Waals surface area contributed by atoms with Crippen molar-refractivity contribution in [3.05, 3.63) is 58.7 Å². The van der Waals surface area contributed by atoms with Gasteiger partial charge >= 0.3 is 0 Å². The van der Waals surface area contributed by atoms with Crippen molar-refractivity contribution in [1.82, 2.24) is 0 Å². The Balaban J connectivity index is 2.26. The fraction of sp³-hybridized carbons (Fsp3) is 0.333. The largest absolute Gasteiger partial charge is 0.496 e. The summed E-state index contributed by atoms with van der Waals surface area (Å²) in [5, 5.41) is 10.5. The first-order valence-electron chi connectivity index (χ1n) is 7.02. The third-order valence-electron chi connectivity index (χ3n) is 3.68. The first-order chi connectivity index (χ1) is 10.1. The lowest BCUT2D eigenvalue weighted by atomic mass is 9.97. The van der Waals surface area contributed by atoms with Crippen molar-refractivity contribution >= 4 is 0 Å². The lowest BCUT2D eigenvalue weighted by molar-refractivity contribution is 0.177. The van der Waals surface area contributed by atoms with E-state index in [0.717, 1.165) is 33.8 Å². The normalized spacial score (nSPS) is 12.0. The van der Waals surface area contributed by atoms with Gasteiger partial charge in [-0.05, 0) is 54.3 Å². The molecule has 2 aromatic rings. The lowest BCUT2D eigenvalue weighted by Crippen LogP contribution is -2.05. The van der Waals surface area contributed by atoms with Gasteiger partial charge in [-0.3, -0.25) is 0 Å². The average Bonchev–Trinajstić information content (AvgIpc) is 2.47. The predicted molar refractivity (Wildman–Crippen MR) is 84.1 cm³/mol. The van der Waals surface area contributed by atoms with Crippen LogP contribution in [0.4, 0.5) is 0 Å². The van der Waals surface area contributed by atoms with Gasteiger partial charge in [0.05, 0.1) is 20.3 Å². The Morgan fingerprint density at radius 2 is 1.62 bits per heavy atom. The zero-order chi connectivity index (χ0) is 15.4. The van der Waals surface area contributed by atoms with E-state index in [9.17, 15) is 5.11 Å². The third kappa shape index (κ3) is 3.37. The Morgan fingerprint density at radius 1 is 1.00 bits per heavy atom. The van der Waals surface area contributed by atoms with Crippen LogP contribution in [0.3, 0.4) is 0 Å². The molecule has 0 bridgehead atoms. The highest BCUT2D eigenvalue weighted by atomic mass is 16.5. The quantitative estimate of drug-likeness (QED) is 0.912. The van der Waals surface area contributed by atoms with Gasteiger partial charge in [0.1, 0.15) is 11.5 Å². The second-order valence-corrected chi connectivity index (χ2v) is 5.22. The van der Waals surface area contributed by atoms with E-state index < -0.39 is 6.10 Å². The highest BCUT2D eigenvalue weighted by Crippen LogP contribution is 2.30. The summed E-state index contributed by atoms with van der Waals surface area (Å²) in [6, 6.07) is 11.7. The van der Waals surface area contributed by atoms with Crippen molar-refractivity contribution in [2.45, 2.75) is 26.4 Å². The minimum Gasteiger partial charge on any atom is -0.496 e. The Hall–Kier alpha value is -2.00. The van der Waals surface area contributed by atoms with Crippen molar-refractivity contribution in [2.75, 3.05) is 14.2 Å². The molecule has 0 radical (unpaired) electrons. The second kappa shape index (κ2) is 6.64. The molecule has 0 fully saturated rings. The maximum atomic E-state index is 10.5. The average molecular weight is 286 g/mol. The number of aliphatic hydroxyl groups excluding tert-OH is 1. The first-order valence-corrected chi connectivity index (χ1v) is 7.02. The maximum Gasteiger partial charge on any atom is 0.124 e. The summed E-state index contributed by atoms with van der Waals surface area (Å²) < 4.78 is 10.7. The fourth-order valence-electron chi connectivity index (χ4n) is 2.70. The molecule has 3 heteroatoms. The molecule has 0 saturated carbocycles. The maximum absolute atomic E-state index is 10.5. The highest BCUT2D eigenvalue weighted by molar-refractivity contribution is 5.44. The second-order valence-electron chi connectivity index (χ2n) is 5.22. The summed E-state index contributed by atoms with van der Waals surface area (Å²) in [7, 11) is 3.31. The van der Waals surface area contributed by atoms with Crippen molar-refractivity contribution in [3.63, 3.8) is 0 Å². The number of hydrogen-bond acceptors (Lipinski definition) is 3. The molecule has 112 valence electrons. The van der Waals surface area contributed by atoms with E-state index in [1.54, 1.807) is 14.2 Å². The molecular weight excluding hydrogens is 264 g/mol. The molecule has 3 nitrogen and oxygen atoms in total. The number of methoxy groups -OCH3 is 2. The van der Waals surface area contributed by atoms with Crippen LogP contribution in [0.25, 0.3) is 0 Å². The van der Waals surface area contributed by atoms with Gasteiger partial charge in [-0.1, -0.05) is 18.2 Å². The van der Waals surface area contributed by atoms with Crippen LogP contribution in [0.5, 0.6) is 11.5 Å². The molecule has 1 atom stereocenters. The molecule has 2 rings (SSSR count). The highest BCUT2D eigenvalue weighted by Gasteiger charge is 2.14. The van der Waals surface area contributed by atoms with Crippen LogP contribution in [0.1, 0.15) is 28.4 Å². The molecule has 21 heavy (non-hydrogen) atoms. The smallest absolute Gasteiger partial charge is 0.124 e. The van der Waals surface area contributed by atoms with Gasteiger partial charge in [-0.15, -0.1) is 0 Å². The van der Waals surface area contributed by atoms with Crippen LogP contribution in [0.15, 0.2) is 36.4 Å². The van der Waals surface area contributed by atoms with Crippen LogP contribution in [0, 0.1) is 13.8 Å². The molecule has 1 unspecified atom stereocenters. The number of hydrogen-bond donors (Lipinski definition) is 1. The monoisotopic (exact) mass is 286 g/mol. The molecular formula is C18H22O3. The molecule has 0 aliphatic rings. The summed E-state index contributed by atoms with van der Waals surface area (Å²) in [5.74, 6) is 1.68. The number of para-hydroxylation sites is 1. The summed E-state index contributed by atoms with van der Waals surface area (Å²) in [6.07, 6.45) is -0.0421. The van der Waals surface area contributed by atoms with E-state index in [-0.39, 0.29) is 0 Å². The van der Waals surface area contributed by atoms with Gasteiger partial charge in [0.25, 0.3) is 0 Å².